The van der Waals surface area contributed by atoms with Crippen LogP contribution in [-0.4, -0.2) is 24.7 Å². The molecular formula is C11H13NO3. The van der Waals surface area contributed by atoms with Crippen molar-refractivity contribution in [2.45, 2.75) is 12.8 Å². The Labute approximate surface area is 88.1 Å². The van der Waals surface area contributed by atoms with E-state index in [1.54, 1.807) is 23.1 Å². The Hall–Kier alpha value is -1.71. The van der Waals surface area contributed by atoms with Crippen molar-refractivity contribution >= 4 is 11.6 Å². The van der Waals surface area contributed by atoms with Crippen LogP contribution in [0.2, 0.25) is 0 Å². The first-order chi connectivity index (χ1) is 7.22. The predicted octanol–water partition coefficient (Wildman–Crippen LogP) is 1.53. The molecule has 0 aliphatic carbocycles. The first-order valence-electron chi connectivity index (χ1n) is 4.90. The van der Waals surface area contributed by atoms with Gasteiger partial charge in [0.15, 0.2) is 11.5 Å². The van der Waals surface area contributed by atoms with Crippen LogP contribution in [0.3, 0.4) is 0 Å². The molecule has 4 heteroatoms. The lowest BCUT2D eigenvalue weighted by molar-refractivity contribution is -0.117. The molecule has 15 heavy (non-hydrogen) atoms. The Balaban J connectivity index is 2.32. The first-order valence-corrected chi connectivity index (χ1v) is 4.90. The number of methoxy groups -OCH3 is 1. The van der Waals surface area contributed by atoms with Gasteiger partial charge in [0, 0.05) is 24.7 Å². The lowest BCUT2D eigenvalue weighted by atomic mass is 10.2. The number of phenolic OH excluding ortho intramolecular Hbond substituents is 1. The maximum atomic E-state index is 11.5. The van der Waals surface area contributed by atoms with E-state index in [1.165, 1.54) is 7.11 Å². The third kappa shape index (κ3) is 1.75. The maximum absolute atomic E-state index is 11.5. The number of aromatic hydroxyl groups is 1. The van der Waals surface area contributed by atoms with E-state index in [0.717, 1.165) is 18.7 Å². The summed E-state index contributed by atoms with van der Waals surface area (Å²) >= 11 is 0. The number of carbonyl (C=O) groups is 1. The fourth-order valence-electron chi connectivity index (χ4n) is 1.76. The zero-order valence-corrected chi connectivity index (χ0v) is 8.56. The number of amides is 1. The molecule has 0 saturated carbocycles. The number of rotatable bonds is 2. The van der Waals surface area contributed by atoms with Crippen LogP contribution in [-0.2, 0) is 4.79 Å². The third-order valence-corrected chi connectivity index (χ3v) is 2.55. The number of anilines is 1. The van der Waals surface area contributed by atoms with E-state index >= 15 is 0 Å². The van der Waals surface area contributed by atoms with Crippen LogP contribution in [0.4, 0.5) is 5.69 Å². The number of hydrogen-bond acceptors (Lipinski definition) is 3. The van der Waals surface area contributed by atoms with Gasteiger partial charge < -0.3 is 14.7 Å². The first kappa shape index (κ1) is 9.83. The minimum Gasteiger partial charge on any atom is -0.504 e. The van der Waals surface area contributed by atoms with Crippen LogP contribution in [0.5, 0.6) is 11.5 Å². The van der Waals surface area contributed by atoms with Gasteiger partial charge in [-0.1, -0.05) is 0 Å². The van der Waals surface area contributed by atoms with Crippen molar-refractivity contribution in [3.05, 3.63) is 18.2 Å². The summed E-state index contributed by atoms with van der Waals surface area (Å²) in [7, 11) is 1.49. The summed E-state index contributed by atoms with van der Waals surface area (Å²) in [5.41, 5.74) is 0.784. The number of benzene rings is 1. The fourth-order valence-corrected chi connectivity index (χ4v) is 1.76. The standard InChI is InChI=1S/C11H13NO3/c1-15-10-7-8(4-5-9(10)13)12-6-2-3-11(12)14/h4-5,7,13H,2-3,6H2,1H3. The van der Waals surface area contributed by atoms with E-state index in [0.29, 0.717) is 12.2 Å². The molecule has 0 spiro atoms. The summed E-state index contributed by atoms with van der Waals surface area (Å²) in [5, 5.41) is 9.42. The van der Waals surface area contributed by atoms with Gasteiger partial charge in [-0.25, -0.2) is 0 Å². The second-order valence-electron chi connectivity index (χ2n) is 3.51. The van der Waals surface area contributed by atoms with E-state index in [4.69, 9.17) is 4.74 Å². The predicted molar refractivity (Wildman–Crippen MR) is 56.2 cm³/mol. The smallest absolute Gasteiger partial charge is 0.227 e. The molecule has 2 rings (SSSR count). The molecule has 0 atom stereocenters. The highest BCUT2D eigenvalue weighted by Gasteiger charge is 2.22. The molecule has 4 nitrogen and oxygen atoms in total. The number of hydrogen-bond donors (Lipinski definition) is 1. The Morgan fingerprint density at radius 3 is 2.87 bits per heavy atom. The van der Waals surface area contributed by atoms with Gasteiger partial charge in [0.2, 0.25) is 5.91 Å². The van der Waals surface area contributed by atoms with Crippen LogP contribution in [0.1, 0.15) is 12.8 Å². The quantitative estimate of drug-likeness (QED) is 0.800. The zero-order valence-electron chi connectivity index (χ0n) is 8.56. The van der Waals surface area contributed by atoms with Crippen LogP contribution in [0.25, 0.3) is 0 Å². The molecule has 1 aliphatic rings. The van der Waals surface area contributed by atoms with Crippen LogP contribution < -0.4 is 9.64 Å². The lowest BCUT2D eigenvalue weighted by Crippen LogP contribution is -2.23. The van der Waals surface area contributed by atoms with Crippen molar-refractivity contribution < 1.29 is 14.6 Å². The van der Waals surface area contributed by atoms with Gasteiger partial charge in [-0.05, 0) is 18.6 Å². The molecule has 1 N–H and O–H groups in total. The SMILES string of the molecule is COc1cc(N2CCCC2=O)ccc1O. The normalized spacial score (nSPS) is 15.8. The summed E-state index contributed by atoms with van der Waals surface area (Å²) in [6.07, 6.45) is 1.49. The maximum Gasteiger partial charge on any atom is 0.227 e. The summed E-state index contributed by atoms with van der Waals surface area (Å²) in [4.78, 5) is 13.2. The Morgan fingerprint density at radius 2 is 2.27 bits per heavy atom. The Morgan fingerprint density at radius 1 is 1.47 bits per heavy atom. The molecule has 0 unspecified atom stereocenters. The highest BCUT2D eigenvalue weighted by Crippen LogP contribution is 2.32. The summed E-state index contributed by atoms with van der Waals surface area (Å²) in [5.74, 6) is 0.614. The molecule has 1 aromatic carbocycles. The third-order valence-electron chi connectivity index (χ3n) is 2.55. The molecule has 1 amide bonds. The van der Waals surface area contributed by atoms with Crippen molar-refractivity contribution in [2.24, 2.45) is 0 Å². The molecule has 1 fully saturated rings. The average Bonchev–Trinajstić information content (AvgIpc) is 2.65. The second-order valence-corrected chi connectivity index (χ2v) is 3.51. The minimum atomic E-state index is 0.0906. The Bertz CT molecular complexity index is 389. The number of phenols is 1. The summed E-state index contributed by atoms with van der Waals surface area (Å²) in [6, 6.07) is 4.94. The van der Waals surface area contributed by atoms with Gasteiger partial charge in [-0.3, -0.25) is 4.79 Å². The van der Waals surface area contributed by atoms with Crippen molar-refractivity contribution in [3.8, 4) is 11.5 Å². The van der Waals surface area contributed by atoms with E-state index < -0.39 is 0 Å². The van der Waals surface area contributed by atoms with Crippen molar-refractivity contribution in [3.63, 3.8) is 0 Å². The lowest BCUT2D eigenvalue weighted by Gasteiger charge is -2.16. The van der Waals surface area contributed by atoms with Crippen LogP contribution in [0.15, 0.2) is 18.2 Å². The van der Waals surface area contributed by atoms with Crippen LogP contribution >= 0.6 is 0 Å². The van der Waals surface area contributed by atoms with E-state index in [-0.39, 0.29) is 11.7 Å². The molecule has 1 heterocycles. The highest BCUT2D eigenvalue weighted by molar-refractivity contribution is 5.95. The van der Waals surface area contributed by atoms with E-state index in [9.17, 15) is 9.90 Å². The number of ether oxygens (including phenoxy) is 1. The minimum absolute atomic E-state index is 0.0906. The van der Waals surface area contributed by atoms with Gasteiger partial charge >= 0.3 is 0 Å². The van der Waals surface area contributed by atoms with Gasteiger partial charge in [0.25, 0.3) is 0 Å². The Kier molecular flexibility index (Phi) is 2.49. The van der Waals surface area contributed by atoms with Gasteiger partial charge in [-0.15, -0.1) is 0 Å². The van der Waals surface area contributed by atoms with Gasteiger partial charge in [0.05, 0.1) is 7.11 Å². The summed E-state index contributed by atoms with van der Waals surface area (Å²) < 4.78 is 4.99. The number of nitrogens with zero attached hydrogens (tertiary/aromatic N) is 1. The van der Waals surface area contributed by atoms with E-state index in [2.05, 4.69) is 0 Å². The largest absolute Gasteiger partial charge is 0.504 e. The number of carbonyl (C=O) groups excluding carboxylic acids is 1. The van der Waals surface area contributed by atoms with Gasteiger partial charge in [0.1, 0.15) is 0 Å². The zero-order chi connectivity index (χ0) is 10.8. The van der Waals surface area contributed by atoms with Crippen LogP contribution in [0, 0.1) is 0 Å². The van der Waals surface area contributed by atoms with Crippen molar-refractivity contribution in [1.29, 1.82) is 0 Å². The van der Waals surface area contributed by atoms with E-state index in [1.807, 2.05) is 0 Å². The summed E-state index contributed by atoms with van der Waals surface area (Å²) in [6.45, 7) is 0.743. The second kappa shape index (κ2) is 3.81. The topological polar surface area (TPSA) is 49.8 Å². The van der Waals surface area contributed by atoms with Gasteiger partial charge in [-0.2, -0.15) is 0 Å². The molecule has 0 radical (unpaired) electrons. The molecule has 1 aromatic rings. The highest BCUT2D eigenvalue weighted by atomic mass is 16.5. The molecule has 80 valence electrons. The average molecular weight is 207 g/mol. The molecule has 0 bridgehead atoms. The monoisotopic (exact) mass is 207 g/mol. The molecular weight excluding hydrogens is 194 g/mol. The molecule has 1 aliphatic heterocycles. The molecule has 1 saturated heterocycles. The van der Waals surface area contributed by atoms with Crippen molar-refractivity contribution in [2.75, 3.05) is 18.6 Å². The molecule has 0 aromatic heterocycles. The fraction of sp³-hybridized carbons (Fsp3) is 0.364. The van der Waals surface area contributed by atoms with Crippen molar-refractivity contribution in [1.82, 2.24) is 0 Å².